The summed E-state index contributed by atoms with van der Waals surface area (Å²) in [7, 11) is 0. The minimum absolute atomic E-state index is 0.510. The first-order valence-corrected chi connectivity index (χ1v) is 4.73. The lowest BCUT2D eigenvalue weighted by atomic mass is 10.2. The Labute approximate surface area is 80.2 Å². The second-order valence-electron chi connectivity index (χ2n) is 2.81. The number of hydrogen-bond donors (Lipinski definition) is 1. The van der Waals surface area contributed by atoms with E-state index in [9.17, 15) is 0 Å². The number of anilines is 1. The van der Waals surface area contributed by atoms with Crippen LogP contribution in [0.5, 0.6) is 0 Å². The standard InChI is InChI=1S/C9H9N3S/c1-6-2-4-7(5-3-6)8-11-12-9(10)13-8/h2-5H,1H3,(H2,10,12). The van der Waals surface area contributed by atoms with E-state index in [0.717, 1.165) is 10.6 Å². The first-order chi connectivity index (χ1) is 6.25. The van der Waals surface area contributed by atoms with Gasteiger partial charge in [0.25, 0.3) is 0 Å². The molecule has 0 fully saturated rings. The topological polar surface area (TPSA) is 51.8 Å². The number of rotatable bonds is 1. The highest BCUT2D eigenvalue weighted by Gasteiger charge is 2.02. The molecule has 0 aliphatic heterocycles. The van der Waals surface area contributed by atoms with Crippen molar-refractivity contribution in [2.75, 3.05) is 5.73 Å². The SMILES string of the molecule is Cc1ccc(-c2nnc(N)s2)cc1. The van der Waals surface area contributed by atoms with Crippen molar-refractivity contribution in [2.45, 2.75) is 6.92 Å². The fourth-order valence-electron chi connectivity index (χ4n) is 1.05. The van der Waals surface area contributed by atoms with E-state index in [1.54, 1.807) is 0 Å². The number of nitrogens with zero attached hydrogens (tertiary/aromatic N) is 2. The Balaban J connectivity index is 2.41. The summed E-state index contributed by atoms with van der Waals surface area (Å²) in [5.74, 6) is 0. The van der Waals surface area contributed by atoms with Crippen LogP contribution in [0.1, 0.15) is 5.56 Å². The first kappa shape index (κ1) is 8.19. The lowest BCUT2D eigenvalue weighted by Crippen LogP contribution is -1.80. The third kappa shape index (κ3) is 1.67. The molecule has 1 aromatic heterocycles. The third-order valence-corrected chi connectivity index (χ3v) is 2.54. The van der Waals surface area contributed by atoms with Crippen molar-refractivity contribution < 1.29 is 0 Å². The zero-order valence-corrected chi connectivity index (χ0v) is 8.01. The molecule has 4 heteroatoms. The van der Waals surface area contributed by atoms with E-state index >= 15 is 0 Å². The van der Waals surface area contributed by atoms with Gasteiger partial charge in [-0.2, -0.15) is 0 Å². The molecule has 0 amide bonds. The summed E-state index contributed by atoms with van der Waals surface area (Å²) in [6.07, 6.45) is 0. The molecule has 1 heterocycles. The van der Waals surface area contributed by atoms with E-state index in [2.05, 4.69) is 17.1 Å². The lowest BCUT2D eigenvalue weighted by molar-refractivity contribution is 1.10. The summed E-state index contributed by atoms with van der Waals surface area (Å²) in [5.41, 5.74) is 7.80. The number of hydrogen-bond acceptors (Lipinski definition) is 4. The number of nitrogen functional groups attached to an aromatic ring is 1. The fourth-order valence-corrected chi connectivity index (χ4v) is 1.66. The zero-order chi connectivity index (χ0) is 9.26. The predicted molar refractivity (Wildman–Crippen MR) is 54.5 cm³/mol. The third-order valence-electron chi connectivity index (χ3n) is 1.74. The highest BCUT2D eigenvalue weighted by Crippen LogP contribution is 2.24. The average molecular weight is 191 g/mol. The van der Waals surface area contributed by atoms with Crippen molar-refractivity contribution in [1.82, 2.24) is 10.2 Å². The van der Waals surface area contributed by atoms with Crippen molar-refractivity contribution in [3.05, 3.63) is 29.8 Å². The molecule has 0 spiro atoms. The Morgan fingerprint density at radius 1 is 1.15 bits per heavy atom. The van der Waals surface area contributed by atoms with Crippen LogP contribution in [0.2, 0.25) is 0 Å². The number of benzene rings is 1. The van der Waals surface area contributed by atoms with Gasteiger partial charge in [-0.1, -0.05) is 41.2 Å². The Morgan fingerprint density at radius 3 is 2.38 bits per heavy atom. The van der Waals surface area contributed by atoms with Crippen LogP contribution in [0.25, 0.3) is 10.6 Å². The van der Waals surface area contributed by atoms with Gasteiger partial charge in [-0.05, 0) is 6.92 Å². The highest BCUT2D eigenvalue weighted by atomic mass is 32.1. The lowest BCUT2D eigenvalue weighted by Gasteiger charge is -1.94. The fraction of sp³-hybridized carbons (Fsp3) is 0.111. The summed E-state index contributed by atoms with van der Waals surface area (Å²) >= 11 is 1.40. The summed E-state index contributed by atoms with van der Waals surface area (Å²) in [6.45, 7) is 2.05. The zero-order valence-electron chi connectivity index (χ0n) is 7.19. The van der Waals surface area contributed by atoms with Gasteiger partial charge in [0.2, 0.25) is 5.13 Å². The minimum Gasteiger partial charge on any atom is -0.374 e. The quantitative estimate of drug-likeness (QED) is 0.751. The Morgan fingerprint density at radius 2 is 1.85 bits per heavy atom. The van der Waals surface area contributed by atoms with Crippen LogP contribution in [0.3, 0.4) is 0 Å². The van der Waals surface area contributed by atoms with E-state index in [1.807, 2.05) is 24.3 Å². The van der Waals surface area contributed by atoms with Crippen LogP contribution in [-0.2, 0) is 0 Å². The van der Waals surface area contributed by atoms with Crippen LogP contribution >= 0.6 is 11.3 Å². The largest absolute Gasteiger partial charge is 0.374 e. The highest BCUT2D eigenvalue weighted by molar-refractivity contribution is 7.18. The monoisotopic (exact) mass is 191 g/mol. The molecular formula is C9H9N3S. The Hall–Kier alpha value is -1.42. The molecule has 2 aromatic rings. The van der Waals surface area contributed by atoms with E-state index < -0.39 is 0 Å². The van der Waals surface area contributed by atoms with E-state index in [-0.39, 0.29) is 0 Å². The van der Waals surface area contributed by atoms with Gasteiger partial charge in [-0.15, -0.1) is 10.2 Å². The van der Waals surface area contributed by atoms with Crippen LogP contribution in [-0.4, -0.2) is 10.2 Å². The molecule has 0 unspecified atom stereocenters. The number of aromatic nitrogens is 2. The minimum atomic E-state index is 0.510. The van der Waals surface area contributed by atoms with E-state index in [0.29, 0.717) is 5.13 Å². The van der Waals surface area contributed by atoms with Crippen molar-refractivity contribution in [3.63, 3.8) is 0 Å². The molecule has 0 saturated carbocycles. The maximum Gasteiger partial charge on any atom is 0.203 e. The number of nitrogens with two attached hydrogens (primary N) is 1. The van der Waals surface area contributed by atoms with Gasteiger partial charge < -0.3 is 5.73 Å². The molecule has 2 N–H and O–H groups in total. The second-order valence-corrected chi connectivity index (χ2v) is 3.82. The summed E-state index contributed by atoms with van der Waals surface area (Å²) in [4.78, 5) is 0. The molecule has 3 nitrogen and oxygen atoms in total. The van der Waals surface area contributed by atoms with Gasteiger partial charge in [0.15, 0.2) is 0 Å². The normalized spacial score (nSPS) is 10.2. The first-order valence-electron chi connectivity index (χ1n) is 3.92. The van der Waals surface area contributed by atoms with E-state index in [4.69, 9.17) is 5.73 Å². The molecule has 0 aliphatic carbocycles. The average Bonchev–Trinajstić information content (AvgIpc) is 2.53. The molecular weight excluding hydrogens is 182 g/mol. The molecule has 2 rings (SSSR count). The van der Waals surface area contributed by atoms with Gasteiger partial charge >= 0.3 is 0 Å². The summed E-state index contributed by atoms with van der Waals surface area (Å²) in [5, 5.41) is 9.10. The van der Waals surface area contributed by atoms with Crippen LogP contribution in [0, 0.1) is 6.92 Å². The van der Waals surface area contributed by atoms with Crippen molar-refractivity contribution in [2.24, 2.45) is 0 Å². The van der Waals surface area contributed by atoms with Crippen molar-refractivity contribution in [1.29, 1.82) is 0 Å². The van der Waals surface area contributed by atoms with Gasteiger partial charge in [0.1, 0.15) is 5.01 Å². The molecule has 13 heavy (non-hydrogen) atoms. The smallest absolute Gasteiger partial charge is 0.203 e. The molecule has 0 radical (unpaired) electrons. The Bertz CT molecular complexity index is 405. The number of aryl methyl sites for hydroxylation is 1. The molecule has 0 bridgehead atoms. The van der Waals surface area contributed by atoms with Gasteiger partial charge in [0, 0.05) is 5.56 Å². The van der Waals surface area contributed by atoms with Crippen LogP contribution in [0.4, 0.5) is 5.13 Å². The van der Waals surface area contributed by atoms with Crippen LogP contribution in [0.15, 0.2) is 24.3 Å². The van der Waals surface area contributed by atoms with Gasteiger partial charge in [0.05, 0.1) is 0 Å². The summed E-state index contributed by atoms with van der Waals surface area (Å²) < 4.78 is 0. The van der Waals surface area contributed by atoms with Crippen molar-refractivity contribution >= 4 is 16.5 Å². The van der Waals surface area contributed by atoms with E-state index in [1.165, 1.54) is 16.9 Å². The second kappa shape index (κ2) is 3.14. The molecule has 0 saturated heterocycles. The maximum atomic E-state index is 5.49. The predicted octanol–water partition coefficient (Wildman–Crippen LogP) is 2.10. The summed E-state index contributed by atoms with van der Waals surface area (Å²) in [6, 6.07) is 8.14. The van der Waals surface area contributed by atoms with Gasteiger partial charge in [-0.25, -0.2) is 0 Å². The van der Waals surface area contributed by atoms with Crippen LogP contribution < -0.4 is 5.73 Å². The maximum absolute atomic E-state index is 5.49. The Kier molecular flexibility index (Phi) is 1.98. The molecule has 1 aromatic carbocycles. The molecule has 0 atom stereocenters. The molecule has 0 aliphatic rings. The van der Waals surface area contributed by atoms with Gasteiger partial charge in [-0.3, -0.25) is 0 Å². The molecule has 66 valence electrons. The van der Waals surface area contributed by atoms with Crippen molar-refractivity contribution in [3.8, 4) is 10.6 Å².